The fourth-order valence-electron chi connectivity index (χ4n) is 5.85. The smallest absolute Gasteiger partial charge is 0.249 e. The Labute approximate surface area is 259 Å². The SMILES string of the molecule is CC1(O)C(N)[C@@H](OCC2(N)CC(F)C(OC3O[C@H](CO)C(O)C(NC(=N)N)[C@H]3O)[C@H](NC(=O)[C@@H](O)CCN)C2)OC(CN)[C@H]1O. The van der Waals surface area contributed by atoms with Gasteiger partial charge in [-0.3, -0.25) is 10.2 Å². The molecule has 1 aliphatic carbocycles. The molecule has 0 aromatic carbocycles. The van der Waals surface area contributed by atoms with Crippen LogP contribution >= 0.6 is 0 Å². The molecule has 0 bridgehead atoms. The van der Waals surface area contributed by atoms with Crippen LogP contribution in [-0.2, 0) is 23.7 Å². The Kier molecular flexibility index (Phi) is 12.8. The summed E-state index contributed by atoms with van der Waals surface area (Å²) in [5.74, 6) is -1.52. The number of amides is 1. The van der Waals surface area contributed by atoms with Crippen LogP contribution in [0.4, 0.5) is 4.39 Å². The Morgan fingerprint density at radius 3 is 2.36 bits per heavy atom. The van der Waals surface area contributed by atoms with Crippen molar-refractivity contribution in [3.05, 3.63) is 0 Å². The van der Waals surface area contributed by atoms with Gasteiger partial charge in [0.2, 0.25) is 5.91 Å². The lowest BCUT2D eigenvalue weighted by atomic mass is 9.77. The summed E-state index contributed by atoms with van der Waals surface area (Å²) in [6.45, 7) is -0.0528. The van der Waals surface area contributed by atoms with E-state index in [1.165, 1.54) is 6.92 Å². The van der Waals surface area contributed by atoms with E-state index in [1.54, 1.807) is 0 Å². The van der Waals surface area contributed by atoms with E-state index >= 15 is 4.39 Å². The second-order valence-corrected chi connectivity index (χ2v) is 12.2. The van der Waals surface area contributed by atoms with Gasteiger partial charge >= 0.3 is 0 Å². The lowest BCUT2D eigenvalue weighted by Crippen LogP contribution is -2.70. The van der Waals surface area contributed by atoms with Crippen molar-refractivity contribution < 1.29 is 58.8 Å². The van der Waals surface area contributed by atoms with Crippen molar-refractivity contribution in [3.8, 4) is 0 Å². The van der Waals surface area contributed by atoms with Crippen LogP contribution in [0.25, 0.3) is 0 Å². The molecule has 19 N–H and O–H groups in total. The zero-order valence-corrected chi connectivity index (χ0v) is 24.9. The lowest BCUT2D eigenvalue weighted by molar-refractivity contribution is -0.303. The second kappa shape index (κ2) is 15.3. The molecule has 3 fully saturated rings. The van der Waals surface area contributed by atoms with Crippen LogP contribution < -0.4 is 39.3 Å². The molecule has 2 aliphatic heterocycles. The quantitative estimate of drug-likeness (QED) is 0.0685. The summed E-state index contributed by atoms with van der Waals surface area (Å²) >= 11 is 0. The van der Waals surface area contributed by atoms with Gasteiger partial charge in [0.15, 0.2) is 18.5 Å². The van der Waals surface area contributed by atoms with Crippen LogP contribution in [0.3, 0.4) is 0 Å². The number of nitrogens with one attached hydrogen (secondary N) is 3. The van der Waals surface area contributed by atoms with Crippen molar-refractivity contribution in [2.24, 2.45) is 28.7 Å². The van der Waals surface area contributed by atoms with E-state index in [4.69, 9.17) is 53.0 Å². The first-order valence-electron chi connectivity index (χ1n) is 14.6. The zero-order chi connectivity index (χ0) is 33.9. The second-order valence-electron chi connectivity index (χ2n) is 12.2. The van der Waals surface area contributed by atoms with Crippen LogP contribution in [0.5, 0.6) is 0 Å². The number of halogens is 1. The average Bonchev–Trinajstić information content (AvgIpc) is 2.96. The maximum Gasteiger partial charge on any atom is 0.249 e. The molecule has 0 aromatic heterocycles. The molecule has 2 heterocycles. The number of aliphatic hydroxyl groups is 6. The summed E-state index contributed by atoms with van der Waals surface area (Å²) in [6.07, 6.45) is -15.8. The van der Waals surface area contributed by atoms with Gasteiger partial charge in [0.25, 0.3) is 0 Å². The van der Waals surface area contributed by atoms with Gasteiger partial charge in [-0.15, -0.1) is 0 Å². The Hall–Kier alpha value is -1.89. The molecular formula is C25H49FN8O11. The molecule has 0 radical (unpaired) electrons. The van der Waals surface area contributed by atoms with Crippen molar-refractivity contribution in [1.29, 1.82) is 5.41 Å². The number of ether oxygens (including phenoxy) is 4. The highest BCUT2D eigenvalue weighted by atomic mass is 19.1. The third-order valence-electron chi connectivity index (χ3n) is 8.54. The number of hydrogen-bond donors (Lipinski definition) is 14. The van der Waals surface area contributed by atoms with Crippen LogP contribution in [0.2, 0.25) is 0 Å². The number of carbonyl (C=O) groups is 1. The predicted octanol–water partition coefficient (Wildman–Crippen LogP) is -7.17. The molecule has 2 saturated heterocycles. The molecule has 1 amide bonds. The number of alkyl halides is 1. The highest BCUT2D eigenvalue weighted by Crippen LogP contribution is 2.36. The van der Waals surface area contributed by atoms with E-state index in [0.29, 0.717) is 0 Å². The highest BCUT2D eigenvalue weighted by molar-refractivity contribution is 5.80. The third-order valence-corrected chi connectivity index (χ3v) is 8.54. The van der Waals surface area contributed by atoms with Crippen molar-refractivity contribution in [2.75, 3.05) is 26.3 Å². The first-order valence-corrected chi connectivity index (χ1v) is 14.6. The van der Waals surface area contributed by atoms with Gasteiger partial charge in [-0.25, -0.2) is 4.39 Å². The number of aliphatic hydroxyl groups excluding tert-OH is 5. The molecular weight excluding hydrogens is 607 g/mol. The van der Waals surface area contributed by atoms with Crippen molar-refractivity contribution in [1.82, 2.24) is 10.6 Å². The minimum absolute atomic E-state index is 0.0268. The largest absolute Gasteiger partial charge is 0.394 e. The van der Waals surface area contributed by atoms with Crippen molar-refractivity contribution in [2.45, 2.75) is 117 Å². The van der Waals surface area contributed by atoms with Crippen molar-refractivity contribution in [3.63, 3.8) is 0 Å². The van der Waals surface area contributed by atoms with E-state index < -0.39 is 122 Å². The van der Waals surface area contributed by atoms with Gasteiger partial charge in [-0.1, -0.05) is 0 Å². The molecule has 1 saturated carbocycles. The highest BCUT2D eigenvalue weighted by Gasteiger charge is 2.54. The van der Waals surface area contributed by atoms with Crippen LogP contribution in [0.15, 0.2) is 0 Å². The molecule has 45 heavy (non-hydrogen) atoms. The standard InChI is InChI=1S/C25H49FN8O11/c1-24(41)18(29)22(43-12(6-28)19(24)39)42-8-25(32)4-9(26)17(10(5-25)33-20(40)11(36)2-3-27)45-21-16(38)14(34-23(30)31)15(37)13(7-35)44-21/h9-19,21-22,35-39,41H,2-8,27-29,32H2,1H3,(H,33,40)(H4,30,31,34)/t9?,10-,11+,12?,13-,14?,15?,16-,17?,18?,19-,21?,22+,24?,25?/m1/s1. The summed E-state index contributed by atoms with van der Waals surface area (Å²) in [7, 11) is 0. The van der Waals surface area contributed by atoms with Crippen molar-refractivity contribution >= 4 is 11.9 Å². The molecule has 3 aliphatic rings. The Morgan fingerprint density at radius 1 is 1.13 bits per heavy atom. The molecule has 3 rings (SSSR count). The van der Waals surface area contributed by atoms with Gasteiger partial charge < -0.3 is 88.9 Å². The van der Waals surface area contributed by atoms with Crippen LogP contribution in [0.1, 0.15) is 26.2 Å². The van der Waals surface area contributed by atoms with E-state index in [9.17, 15) is 35.4 Å². The maximum absolute atomic E-state index is 16.0. The maximum atomic E-state index is 16.0. The van der Waals surface area contributed by atoms with Crippen LogP contribution in [0, 0.1) is 5.41 Å². The fourth-order valence-corrected chi connectivity index (χ4v) is 5.85. The molecule has 262 valence electrons. The Bertz CT molecular complexity index is 1010. The van der Waals surface area contributed by atoms with E-state index in [1.807, 2.05) is 0 Å². The molecule has 20 heteroatoms. The first-order chi connectivity index (χ1) is 21.0. The van der Waals surface area contributed by atoms with Gasteiger partial charge in [0.1, 0.15) is 54.5 Å². The lowest BCUT2D eigenvalue weighted by Gasteiger charge is -2.49. The summed E-state index contributed by atoms with van der Waals surface area (Å²) in [6, 6.07) is -3.87. The fraction of sp³-hybridized carbons (Fsp3) is 0.920. The van der Waals surface area contributed by atoms with E-state index in [2.05, 4.69) is 10.6 Å². The van der Waals surface area contributed by atoms with Gasteiger partial charge in [0.05, 0.1) is 31.3 Å². The summed E-state index contributed by atoms with van der Waals surface area (Å²) in [5.41, 5.74) is 25.7. The summed E-state index contributed by atoms with van der Waals surface area (Å²) < 4.78 is 38.7. The van der Waals surface area contributed by atoms with Gasteiger partial charge in [-0.2, -0.15) is 0 Å². The summed E-state index contributed by atoms with van der Waals surface area (Å²) in [5, 5.41) is 74.7. The van der Waals surface area contributed by atoms with E-state index in [0.717, 1.165) is 0 Å². The molecule has 19 nitrogen and oxygen atoms in total. The summed E-state index contributed by atoms with van der Waals surface area (Å²) in [4.78, 5) is 12.8. The zero-order valence-electron chi connectivity index (χ0n) is 24.9. The van der Waals surface area contributed by atoms with Gasteiger partial charge in [-0.05, 0) is 26.3 Å². The predicted molar refractivity (Wildman–Crippen MR) is 152 cm³/mol. The van der Waals surface area contributed by atoms with E-state index in [-0.39, 0.29) is 25.9 Å². The Morgan fingerprint density at radius 2 is 1.78 bits per heavy atom. The minimum Gasteiger partial charge on any atom is -0.394 e. The Balaban J connectivity index is 1.83. The molecule has 9 unspecified atom stereocenters. The topological polar surface area (TPSA) is 353 Å². The minimum atomic E-state index is -1.96. The number of nitrogens with two attached hydrogens (primary N) is 5. The average molecular weight is 657 g/mol. The first kappa shape index (κ1) is 37.6. The number of rotatable bonds is 12. The van der Waals surface area contributed by atoms with Gasteiger partial charge in [0, 0.05) is 18.5 Å². The number of carbonyl (C=O) groups excluding carboxylic acids is 1. The number of guanidine groups is 1. The normalized spacial score (nSPS) is 44.6. The number of hydrogen-bond acceptors (Lipinski definition) is 16. The molecule has 15 atom stereocenters. The van der Waals surface area contributed by atoms with Crippen LogP contribution in [-0.4, -0.2) is 160 Å². The third kappa shape index (κ3) is 8.53. The monoisotopic (exact) mass is 656 g/mol. The molecule has 0 aromatic rings. The molecule has 0 spiro atoms.